The average molecular weight is 723 g/mol. The first-order valence-corrected chi connectivity index (χ1v) is 19.4. The predicted molar refractivity (Wildman–Crippen MR) is 226 cm³/mol. The van der Waals surface area contributed by atoms with Crippen LogP contribution in [-0.2, 0) is 28.1 Å². The zero-order chi connectivity index (χ0) is 40.6. The van der Waals surface area contributed by atoms with Crippen LogP contribution in [0.5, 0.6) is 23.0 Å². The summed E-state index contributed by atoms with van der Waals surface area (Å²) in [7, 11) is 0. The van der Waals surface area contributed by atoms with Gasteiger partial charge in [0, 0.05) is 12.3 Å². The first kappa shape index (κ1) is 43.5. The van der Waals surface area contributed by atoms with Gasteiger partial charge in [-0.05, 0) is 124 Å². The Bertz CT molecular complexity index is 1780. The summed E-state index contributed by atoms with van der Waals surface area (Å²) in [5, 5.41) is 42.7. The Balaban J connectivity index is 0.000000287. The zero-order valence-electron chi connectivity index (χ0n) is 36.1. The summed E-state index contributed by atoms with van der Waals surface area (Å²) in [6, 6.07) is 16.4. The van der Waals surface area contributed by atoms with E-state index >= 15 is 0 Å². The standard InChI is InChI=1S/C26H38O2.C23H32O2/c1-10-11-18(19-14-21(25(4,5)6)23(27)12-16(19)2)20-15-22(26(7,8)9)24(28)13-17(20)3;1-14-9-16(20(24)18(11-14)22(3,4)5)13-17-10-15(2)12-19(21(17)25)23(6,7)8/h12-15,18,27-28H,10-11H2,1-9H3;9-12,24-25H,13H2,1-8H3. The summed E-state index contributed by atoms with van der Waals surface area (Å²) in [6.45, 7) is 35.9. The van der Waals surface area contributed by atoms with Crippen molar-refractivity contribution in [3.63, 3.8) is 0 Å². The van der Waals surface area contributed by atoms with Crippen LogP contribution in [0.4, 0.5) is 0 Å². The first-order valence-electron chi connectivity index (χ1n) is 19.4. The number of aryl methyl sites for hydroxylation is 4. The van der Waals surface area contributed by atoms with Gasteiger partial charge >= 0.3 is 0 Å². The van der Waals surface area contributed by atoms with Crippen molar-refractivity contribution in [3.8, 4) is 23.0 Å². The molecule has 0 aromatic heterocycles. The third-order valence-electron chi connectivity index (χ3n) is 10.4. The van der Waals surface area contributed by atoms with Gasteiger partial charge in [-0.2, -0.15) is 0 Å². The fourth-order valence-corrected chi connectivity index (χ4v) is 7.46. The Hall–Kier alpha value is -3.92. The first-order chi connectivity index (χ1) is 24.1. The maximum absolute atomic E-state index is 10.8. The van der Waals surface area contributed by atoms with E-state index in [1.165, 1.54) is 11.1 Å². The minimum Gasteiger partial charge on any atom is -0.508 e. The van der Waals surface area contributed by atoms with Crippen molar-refractivity contribution < 1.29 is 20.4 Å². The molecule has 0 aliphatic heterocycles. The van der Waals surface area contributed by atoms with E-state index in [1.54, 1.807) is 0 Å². The topological polar surface area (TPSA) is 80.9 Å². The molecule has 4 nitrogen and oxygen atoms in total. The van der Waals surface area contributed by atoms with E-state index in [0.29, 0.717) is 29.4 Å². The molecule has 4 aromatic carbocycles. The molecule has 0 radical (unpaired) electrons. The number of benzene rings is 4. The Kier molecular flexibility index (Phi) is 13.0. The van der Waals surface area contributed by atoms with E-state index in [-0.39, 0.29) is 27.6 Å². The van der Waals surface area contributed by atoms with Crippen molar-refractivity contribution in [2.24, 2.45) is 0 Å². The number of aromatic hydroxyl groups is 4. The van der Waals surface area contributed by atoms with Crippen molar-refractivity contribution in [1.29, 1.82) is 0 Å². The van der Waals surface area contributed by atoms with E-state index in [0.717, 1.165) is 68.5 Å². The molecule has 0 unspecified atom stereocenters. The number of rotatable bonds is 6. The van der Waals surface area contributed by atoms with Crippen LogP contribution in [-0.4, -0.2) is 20.4 Å². The molecule has 0 aliphatic rings. The second-order valence-corrected chi connectivity index (χ2v) is 19.6. The van der Waals surface area contributed by atoms with Gasteiger partial charge in [0.2, 0.25) is 0 Å². The van der Waals surface area contributed by atoms with Crippen LogP contribution in [0.1, 0.15) is 176 Å². The molecule has 0 atom stereocenters. The van der Waals surface area contributed by atoms with Gasteiger partial charge < -0.3 is 20.4 Å². The summed E-state index contributed by atoms with van der Waals surface area (Å²) in [5.41, 5.74) is 12.1. The largest absolute Gasteiger partial charge is 0.508 e. The van der Waals surface area contributed by atoms with E-state index < -0.39 is 0 Å². The highest BCUT2D eigenvalue weighted by Gasteiger charge is 2.28. The van der Waals surface area contributed by atoms with Crippen molar-refractivity contribution in [2.45, 2.75) is 165 Å². The van der Waals surface area contributed by atoms with Crippen LogP contribution < -0.4 is 0 Å². The summed E-state index contributed by atoms with van der Waals surface area (Å²) in [5.74, 6) is 1.68. The summed E-state index contributed by atoms with van der Waals surface area (Å²) in [4.78, 5) is 0. The number of hydrogen-bond donors (Lipinski definition) is 4. The monoisotopic (exact) mass is 723 g/mol. The summed E-state index contributed by atoms with van der Waals surface area (Å²) >= 11 is 0. The highest BCUT2D eigenvalue weighted by Crippen LogP contribution is 2.43. The molecule has 0 fully saturated rings. The lowest BCUT2D eigenvalue weighted by Crippen LogP contribution is -2.16. The third kappa shape index (κ3) is 10.4. The summed E-state index contributed by atoms with van der Waals surface area (Å²) in [6.07, 6.45) is 2.62. The van der Waals surface area contributed by atoms with Crippen LogP contribution >= 0.6 is 0 Å². The summed E-state index contributed by atoms with van der Waals surface area (Å²) < 4.78 is 0. The maximum atomic E-state index is 10.8. The van der Waals surface area contributed by atoms with Gasteiger partial charge in [-0.1, -0.05) is 144 Å². The normalized spacial score (nSPS) is 12.6. The highest BCUT2D eigenvalue weighted by atomic mass is 16.3. The molecule has 0 aliphatic carbocycles. The molecule has 0 saturated carbocycles. The molecule has 4 aromatic rings. The third-order valence-corrected chi connectivity index (χ3v) is 10.4. The Morgan fingerprint density at radius 3 is 1.06 bits per heavy atom. The maximum Gasteiger partial charge on any atom is 0.122 e. The number of phenolic OH excluding ortho intramolecular Hbond substituents is 4. The average Bonchev–Trinajstić information content (AvgIpc) is 2.98. The van der Waals surface area contributed by atoms with Gasteiger partial charge in [0.15, 0.2) is 0 Å². The van der Waals surface area contributed by atoms with Gasteiger partial charge in [-0.25, -0.2) is 0 Å². The van der Waals surface area contributed by atoms with Gasteiger partial charge in [0.1, 0.15) is 23.0 Å². The predicted octanol–water partition coefficient (Wildman–Crippen LogP) is 13.1. The quantitative estimate of drug-likeness (QED) is 0.160. The second kappa shape index (κ2) is 15.8. The molecule has 0 bridgehead atoms. The second-order valence-electron chi connectivity index (χ2n) is 19.6. The Morgan fingerprint density at radius 1 is 0.453 bits per heavy atom. The van der Waals surface area contributed by atoms with Gasteiger partial charge in [-0.3, -0.25) is 0 Å². The number of phenols is 4. The van der Waals surface area contributed by atoms with Crippen molar-refractivity contribution in [1.82, 2.24) is 0 Å². The van der Waals surface area contributed by atoms with Crippen LogP contribution in [0, 0.1) is 27.7 Å². The van der Waals surface area contributed by atoms with E-state index in [9.17, 15) is 20.4 Å². The molecule has 4 rings (SSSR count). The molecular formula is C49H70O4. The SMILES string of the molecule is CCCC(c1cc(C(C)(C)C)c(O)cc1C)c1cc(C(C)(C)C)c(O)cc1C.Cc1cc(Cc2cc(C)cc(C(C)(C)C)c2O)c(O)c(C(C)(C)C)c1. The van der Waals surface area contributed by atoms with Crippen molar-refractivity contribution in [2.75, 3.05) is 0 Å². The molecule has 53 heavy (non-hydrogen) atoms. The van der Waals surface area contributed by atoms with Gasteiger partial charge in [0.25, 0.3) is 0 Å². The molecule has 0 saturated heterocycles. The minimum absolute atomic E-state index is 0.121. The van der Waals surface area contributed by atoms with Crippen LogP contribution in [0.15, 0.2) is 48.5 Å². The fraction of sp³-hybridized carbons (Fsp3) is 0.510. The molecule has 4 N–H and O–H groups in total. The van der Waals surface area contributed by atoms with Crippen LogP contribution in [0.25, 0.3) is 0 Å². The lowest BCUT2D eigenvalue weighted by molar-refractivity contribution is 0.435. The molecule has 0 spiro atoms. The molecule has 4 heteroatoms. The molecule has 0 heterocycles. The zero-order valence-corrected chi connectivity index (χ0v) is 36.1. The fourth-order valence-electron chi connectivity index (χ4n) is 7.46. The highest BCUT2D eigenvalue weighted by molar-refractivity contribution is 5.54. The molecule has 0 amide bonds. The smallest absolute Gasteiger partial charge is 0.122 e. The van der Waals surface area contributed by atoms with Crippen LogP contribution in [0.3, 0.4) is 0 Å². The van der Waals surface area contributed by atoms with E-state index in [1.807, 2.05) is 24.3 Å². The molecule has 290 valence electrons. The van der Waals surface area contributed by atoms with Crippen LogP contribution in [0.2, 0.25) is 0 Å². The van der Waals surface area contributed by atoms with E-state index in [2.05, 4.69) is 142 Å². The Labute approximate surface area is 322 Å². The van der Waals surface area contributed by atoms with Gasteiger partial charge in [-0.15, -0.1) is 0 Å². The van der Waals surface area contributed by atoms with Gasteiger partial charge in [0.05, 0.1) is 0 Å². The lowest BCUT2D eigenvalue weighted by Gasteiger charge is -2.29. The minimum atomic E-state index is -0.129. The molecular weight excluding hydrogens is 653 g/mol. The van der Waals surface area contributed by atoms with Crippen molar-refractivity contribution >= 4 is 0 Å². The van der Waals surface area contributed by atoms with E-state index in [4.69, 9.17) is 0 Å². The number of hydrogen-bond acceptors (Lipinski definition) is 4. The van der Waals surface area contributed by atoms with Crippen molar-refractivity contribution in [3.05, 3.63) is 115 Å². The lowest BCUT2D eigenvalue weighted by atomic mass is 9.76. The Morgan fingerprint density at radius 2 is 0.774 bits per heavy atom.